The Kier molecular flexibility index (Phi) is 3.75. The zero-order valence-corrected chi connectivity index (χ0v) is 12.4. The fourth-order valence-electron chi connectivity index (χ4n) is 2.58. The highest BCUT2D eigenvalue weighted by atomic mass is 35.5. The van der Waals surface area contributed by atoms with Crippen LogP contribution in [0.2, 0.25) is 0 Å². The molecule has 1 aliphatic heterocycles. The van der Waals surface area contributed by atoms with Crippen molar-refractivity contribution in [2.45, 2.75) is 24.0 Å². The smallest absolute Gasteiger partial charge is 0.280 e. The van der Waals surface area contributed by atoms with Crippen molar-refractivity contribution >= 4 is 28.7 Å². The van der Waals surface area contributed by atoms with Gasteiger partial charge in [-0.15, -0.1) is 0 Å². The van der Waals surface area contributed by atoms with Crippen LogP contribution in [0.15, 0.2) is 11.1 Å². The number of nitrogen functional groups attached to an aromatic ring is 1. The van der Waals surface area contributed by atoms with E-state index in [9.17, 15) is 15.0 Å². The maximum absolute atomic E-state index is 11.8. The molecule has 10 nitrogen and oxygen atoms in total. The molecule has 3 rings (SSSR count). The summed E-state index contributed by atoms with van der Waals surface area (Å²) < 4.78 is 6.89. The minimum Gasteiger partial charge on any atom is -0.394 e. The maximum atomic E-state index is 11.8. The van der Waals surface area contributed by atoms with Crippen LogP contribution in [-0.4, -0.2) is 54.1 Å². The summed E-state index contributed by atoms with van der Waals surface area (Å²) in [5, 5.41) is 21.7. The Morgan fingerprint density at radius 2 is 2.35 bits per heavy atom. The van der Waals surface area contributed by atoms with Crippen LogP contribution in [0.3, 0.4) is 0 Å². The number of nitrogens with zero attached hydrogens (tertiary/aromatic N) is 3. The number of rotatable bonds is 2. The number of ether oxygens (including phenoxy) is 1. The summed E-state index contributed by atoms with van der Waals surface area (Å²) in [7, 11) is 0. The highest BCUT2D eigenvalue weighted by Gasteiger charge is 2.54. The van der Waals surface area contributed by atoms with E-state index < -0.39 is 36.1 Å². The number of halogens is 1. The maximum Gasteiger partial charge on any atom is 0.280 e. The van der Waals surface area contributed by atoms with Gasteiger partial charge in [0.05, 0.1) is 12.9 Å². The molecule has 1 fully saturated rings. The van der Waals surface area contributed by atoms with Gasteiger partial charge in [-0.2, -0.15) is 4.98 Å². The number of nitrogens with two attached hydrogens (primary N) is 2. The minimum atomic E-state index is -1.64. The molecule has 2 aromatic rings. The SMILES string of the molecule is Nc1nc2c(ncn2[C@@H]2O[C@H](CO)[C@H](O)C2(N)C#CCl)c(=O)[nH]1. The molecule has 4 atom stereocenters. The molecule has 0 saturated carbocycles. The van der Waals surface area contributed by atoms with Crippen LogP contribution in [0.25, 0.3) is 11.2 Å². The zero-order valence-electron chi connectivity index (χ0n) is 11.6. The number of aromatic amines is 1. The lowest BCUT2D eigenvalue weighted by atomic mass is 9.92. The van der Waals surface area contributed by atoms with Gasteiger partial charge in [-0.3, -0.25) is 14.3 Å². The van der Waals surface area contributed by atoms with Gasteiger partial charge < -0.3 is 26.4 Å². The van der Waals surface area contributed by atoms with Crippen molar-refractivity contribution in [1.29, 1.82) is 0 Å². The van der Waals surface area contributed by atoms with Gasteiger partial charge in [-0.1, -0.05) is 5.92 Å². The molecular formula is C12H13ClN6O4. The largest absolute Gasteiger partial charge is 0.394 e. The lowest BCUT2D eigenvalue weighted by molar-refractivity contribution is -0.0447. The van der Waals surface area contributed by atoms with E-state index in [0.29, 0.717) is 0 Å². The Labute approximate surface area is 134 Å². The van der Waals surface area contributed by atoms with Gasteiger partial charge in [0.25, 0.3) is 5.56 Å². The first kappa shape index (κ1) is 15.7. The highest BCUT2D eigenvalue weighted by molar-refractivity contribution is 6.30. The summed E-state index contributed by atoms with van der Waals surface area (Å²) in [4.78, 5) is 22.1. The third-order valence-electron chi connectivity index (χ3n) is 3.70. The molecule has 1 saturated heterocycles. The molecule has 2 aromatic heterocycles. The van der Waals surface area contributed by atoms with Crippen LogP contribution in [0, 0.1) is 11.3 Å². The van der Waals surface area contributed by atoms with Gasteiger partial charge >= 0.3 is 0 Å². The third-order valence-corrected chi connectivity index (χ3v) is 3.80. The standard InChI is InChI=1S/C12H13ClN6O4/c13-2-1-12(15)7(21)5(3-20)23-10(12)19-4-16-6-8(19)17-11(14)18-9(6)22/h4-5,7,10,20-21H,3,15H2,(H3,14,17,18,22)/t5-,7+,10-,12?/m1/s1. The molecule has 1 aliphatic rings. The van der Waals surface area contributed by atoms with E-state index >= 15 is 0 Å². The fraction of sp³-hybridized carbons (Fsp3) is 0.417. The van der Waals surface area contributed by atoms with Crippen molar-refractivity contribution in [2.24, 2.45) is 5.73 Å². The number of imidazole rings is 1. The lowest BCUT2D eigenvalue weighted by Crippen LogP contribution is -2.53. The highest BCUT2D eigenvalue weighted by Crippen LogP contribution is 2.37. The number of fused-ring (bicyclic) bond motifs is 1. The van der Waals surface area contributed by atoms with Crippen molar-refractivity contribution in [3.05, 3.63) is 16.7 Å². The Morgan fingerprint density at radius 3 is 3.00 bits per heavy atom. The first-order chi connectivity index (χ1) is 10.9. The van der Waals surface area contributed by atoms with Crippen LogP contribution >= 0.6 is 11.6 Å². The normalized spacial score (nSPS) is 30.3. The molecule has 0 radical (unpaired) electrons. The van der Waals surface area contributed by atoms with Crippen molar-refractivity contribution in [1.82, 2.24) is 19.5 Å². The Hall–Kier alpha value is -2.16. The van der Waals surface area contributed by atoms with Gasteiger partial charge in [-0.25, -0.2) is 4.98 Å². The minimum absolute atomic E-state index is 0.0194. The summed E-state index contributed by atoms with van der Waals surface area (Å²) >= 11 is 5.44. The van der Waals surface area contributed by atoms with E-state index in [0.717, 1.165) is 0 Å². The summed E-state index contributed by atoms with van der Waals surface area (Å²) in [6.45, 7) is -0.483. The molecule has 0 bridgehead atoms. The van der Waals surface area contributed by atoms with E-state index in [4.69, 9.17) is 27.8 Å². The summed E-state index contributed by atoms with van der Waals surface area (Å²) in [6.07, 6.45) is -2.12. The van der Waals surface area contributed by atoms with E-state index in [2.05, 4.69) is 26.3 Å². The zero-order chi connectivity index (χ0) is 16.8. The topological polar surface area (TPSA) is 165 Å². The second-order valence-electron chi connectivity index (χ2n) is 5.08. The van der Waals surface area contributed by atoms with Crippen molar-refractivity contribution in [3.8, 4) is 11.3 Å². The van der Waals surface area contributed by atoms with Gasteiger partial charge in [-0.05, 0) is 11.6 Å². The van der Waals surface area contributed by atoms with Crippen LogP contribution < -0.4 is 17.0 Å². The molecule has 0 aromatic carbocycles. The second-order valence-corrected chi connectivity index (χ2v) is 5.27. The molecule has 7 N–H and O–H groups in total. The lowest BCUT2D eigenvalue weighted by Gasteiger charge is -2.27. The van der Waals surface area contributed by atoms with E-state index in [1.807, 2.05) is 0 Å². The van der Waals surface area contributed by atoms with E-state index in [1.54, 1.807) is 0 Å². The number of aromatic nitrogens is 4. The van der Waals surface area contributed by atoms with Gasteiger partial charge in [0, 0.05) is 5.38 Å². The number of nitrogens with one attached hydrogen (secondary N) is 1. The number of hydrogen-bond donors (Lipinski definition) is 5. The van der Waals surface area contributed by atoms with Crippen LogP contribution in [0.5, 0.6) is 0 Å². The second kappa shape index (κ2) is 5.48. The molecule has 0 aliphatic carbocycles. The van der Waals surface area contributed by atoms with Crippen molar-refractivity contribution in [2.75, 3.05) is 12.3 Å². The number of aliphatic hydroxyl groups is 2. The number of H-pyrrole nitrogens is 1. The number of aliphatic hydroxyl groups excluding tert-OH is 2. The monoisotopic (exact) mass is 340 g/mol. The van der Waals surface area contributed by atoms with E-state index in [1.165, 1.54) is 10.9 Å². The average molecular weight is 341 g/mol. The molecule has 1 unspecified atom stereocenters. The predicted octanol–water partition coefficient (Wildman–Crippen LogP) is -2.15. The first-order valence-corrected chi connectivity index (χ1v) is 6.88. The average Bonchev–Trinajstić information content (AvgIpc) is 3.01. The molecule has 122 valence electrons. The van der Waals surface area contributed by atoms with Crippen molar-refractivity contribution in [3.63, 3.8) is 0 Å². The Bertz CT molecular complexity index is 870. The summed E-state index contributed by atoms with van der Waals surface area (Å²) in [5.41, 5.74) is 9.64. The van der Waals surface area contributed by atoms with Crippen molar-refractivity contribution < 1.29 is 14.9 Å². The van der Waals surface area contributed by atoms with Gasteiger partial charge in [0.1, 0.15) is 12.2 Å². The summed E-state index contributed by atoms with van der Waals surface area (Å²) in [5.74, 6) is 2.36. The number of anilines is 1. The molecule has 3 heterocycles. The molecule has 23 heavy (non-hydrogen) atoms. The van der Waals surface area contributed by atoms with Crippen LogP contribution in [0.1, 0.15) is 6.23 Å². The quantitative estimate of drug-likeness (QED) is 0.386. The predicted molar refractivity (Wildman–Crippen MR) is 80.1 cm³/mol. The summed E-state index contributed by atoms with van der Waals surface area (Å²) in [6, 6.07) is 0. The third kappa shape index (κ3) is 2.26. The molecule has 0 spiro atoms. The van der Waals surface area contributed by atoms with Crippen LogP contribution in [-0.2, 0) is 4.74 Å². The molecular weight excluding hydrogens is 328 g/mol. The van der Waals surface area contributed by atoms with Gasteiger partial charge in [0.2, 0.25) is 5.95 Å². The van der Waals surface area contributed by atoms with E-state index in [-0.39, 0.29) is 17.1 Å². The number of hydrogen-bond acceptors (Lipinski definition) is 8. The first-order valence-electron chi connectivity index (χ1n) is 6.50. The fourth-order valence-corrected chi connectivity index (χ4v) is 2.74. The molecule has 0 amide bonds. The van der Waals surface area contributed by atoms with Gasteiger partial charge in [0.15, 0.2) is 22.9 Å². The Morgan fingerprint density at radius 1 is 1.61 bits per heavy atom. The van der Waals surface area contributed by atoms with Crippen LogP contribution in [0.4, 0.5) is 5.95 Å². The Balaban J connectivity index is 2.20. The molecule has 11 heteroatoms.